The van der Waals surface area contributed by atoms with Crippen LogP contribution in [0, 0.1) is 5.82 Å². The van der Waals surface area contributed by atoms with Crippen LogP contribution in [-0.2, 0) is 21.3 Å². The zero-order chi connectivity index (χ0) is 23.4. The van der Waals surface area contributed by atoms with Crippen molar-refractivity contribution in [2.24, 2.45) is 0 Å². The lowest BCUT2D eigenvalue weighted by molar-refractivity contribution is -0.0891. The summed E-state index contributed by atoms with van der Waals surface area (Å²) in [5, 5.41) is 18.4. The number of hydrogen-bond acceptors (Lipinski definition) is 6. The minimum atomic E-state index is -3.77. The van der Waals surface area contributed by atoms with Gasteiger partial charge >= 0.3 is 0 Å². The molecule has 1 aliphatic rings. The molecule has 1 aliphatic heterocycles. The number of aryl methyl sites for hydroxylation is 1. The summed E-state index contributed by atoms with van der Waals surface area (Å²) in [6, 6.07) is 11.5. The highest BCUT2D eigenvalue weighted by Gasteiger charge is 2.34. The average molecular weight is 495 g/mol. The molecule has 0 saturated carbocycles. The Morgan fingerprint density at radius 2 is 2.00 bits per heavy atom. The maximum absolute atomic E-state index is 13.4. The molecule has 0 unspecified atom stereocenters. The number of aromatic nitrogens is 3. The summed E-state index contributed by atoms with van der Waals surface area (Å²) in [5.74, 6) is -0.339. The molecule has 176 valence electrons. The van der Waals surface area contributed by atoms with Gasteiger partial charge in [-0.25, -0.2) is 17.5 Å². The highest BCUT2D eigenvalue weighted by atomic mass is 35.5. The van der Waals surface area contributed by atoms with Crippen LogP contribution in [-0.4, -0.2) is 53.4 Å². The highest BCUT2D eigenvalue weighted by Crippen LogP contribution is 2.25. The predicted octanol–water partition coefficient (Wildman–Crippen LogP) is 3.01. The molecule has 4 rings (SSSR count). The first-order valence-corrected chi connectivity index (χ1v) is 12.4. The van der Waals surface area contributed by atoms with Crippen molar-refractivity contribution in [3.05, 3.63) is 65.6 Å². The first-order chi connectivity index (χ1) is 15.8. The van der Waals surface area contributed by atoms with Gasteiger partial charge in [0.2, 0.25) is 10.0 Å². The van der Waals surface area contributed by atoms with Crippen LogP contribution in [0.2, 0.25) is 5.02 Å². The van der Waals surface area contributed by atoms with Crippen molar-refractivity contribution in [3.8, 4) is 11.3 Å². The molecule has 0 amide bonds. The molecule has 1 saturated heterocycles. The van der Waals surface area contributed by atoms with Crippen LogP contribution in [0.4, 0.5) is 4.39 Å². The van der Waals surface area contributed by atoms with Gasteiger partial charge in [-0.05, 0) is 55.7 Å². The van der Waals surface area contributed by atoms with Crippen LogP contribution >= 0.6 is 11.6 Å². The standard InChI is InChI=1S/C22H24ClFN4O4S/c23-16-4-7-19(8-5-16)33(30,31)26-20-9-6-18(32-22(20)14-29)10-11-28-13-21(25-27-28)15-2-1-3-17(24)12-15/h1-5,7-8,12-13,18,20,22,26,29H,6,9-11,14H2/t18-,20+,22+/m0/s1. The van der Waals surface area contributed by atoms with E-state index in [1.54, 1.807) is 23.0 Å². The molecule has 2 heterocycles. The molecule has 33 heavy (non-hydrogen) atoms. The summed E-state index contributed by atoms with van der Waals surface area (Å²) in [7, 11) is -3.77. The van der Waals surface area contributed by atoms with E-state index in [4.69, 9.17) is 16.3 Å². The molecule has 3 atom stereocenters. The lowest BCUT2D eigenvalue weighted by Crippen LogP contribution is -2.50. The summed E-state index contributed by atoms with van der Waals surface area (Å²) in [4.78, 5) is 0.103. The van der Waals surface area contributed by atoms with Crippen molar-refractivity contribution in [3.63, 3.8) is 0 Å². The minimum absolute atomic E-state index is 0.103. The van der Waals surface area contributed by atoms with Gasteiger partial charge < -0.3 is 9.84 Å². The highest BCUT2D eigenvalue weighted by molar-refractivity contribution is 7.89. The second-order valence-corrected chi connectivity index (χ2v) is 10.1. The number of hydrogen-bond donors (Lipinski definition) is 2. The second-order valence-electron chi connectivity index (χ2n) is 7.90. The summed E-state index contributed by atoms with van der Waals surface area (Å²) in [5.41, 5.74) is 1.22. The van der Waals surface area contributed by atoms with E-state index in [0.29, 0.717) is 42.1 Å². The van der Waals surface area contributed by atoms with Crippen molar-refractivity contribution in [2.45, 2.75) is 49.0 Å². The molecule has 1 aromatic heterocycles. The Morgan fingerprint density at radius 1 is 1.21 bits per heavy atom. The van der Waals surface area contributed by atoms with Crippen LogP contribution in [0.3, 0.4) is 0 Å². The zero-order valence-corrected chi connectivity index (χ0v) is 19.2. The Morgan fingerprint density at radius 3 is 2.73 bits per heavy atom. The summed E-state index contributed by atoms with van der Waals surface area (Å²) in [6.45, 7) is 0.212. The number of aliphatic hydroxyl groups excluding tert-OH is 1. The van der Waals surface area contributed by atoms with Gasteiger partial charge in [-0.1, -0.05) is 28.9 Å². The van der Waals surface area contributed by atoms with Gasteiger partial charge in [0.15, 0.2) is 0 Å². The second kappa shape index (κ2) is 10.3. The zero-order valence-electron chi connectivity index (χ0n) is 17.6. The van der Waals surface area contributed by atoms with Crippen molar-refractivity contribution >= 4 is 21.6 Å². The molecule has 0 bridgehead atoms. The molecule has 0 aliphatic carbocycles. The SMILES string of the molecule is O=S(=O)(N[C@@H]1CC[C@@H](CCn2cc(-c3cccc(F)c3)nn2)O[C@@H]1CO)c1ccc(Cl)cc1. The fraction of sp³-hybridized carbons (Fsp3) is 0.364. The lowest BCUT2D eigenvalue weighted by Gasteiger charge is -2.36. The third-order valence-electron chi connectivity index (χ3n) is 5.57. The van der Waals surface area contributed by atoms with Crippen molar-refractivity contribution in [1.82, 2.24) is 19.7 Å². The van der Waals surface area contributed by atoms with Gasteiger partial charge in [-0.15, -0.1) is 5.10 Å². The van der Waals surface area contributed by atoms with Crippen molar-refractivity contribution in [2.75, 3.05) is 6.61 Å². The van der Waals surface area contributed by atoms with Crippen LogP contribution < -0.4 is 4.72 Å². The van der Waals surface area contributed by atoms with Crippen molar-refractivity contribution in [1.29, 1.82) is 0 Å². The lowest BCUT2D eigenvalue weighted by atomic mass is 9.98. The van der Waals surface area contributed by atoms with E-state index in [1.165, 1.54) is 36.4 Å². The Bertz CT molecular complexity index is 1190. The van der Waals surface area contributed by atoms with E-state index < -0.39 is 22.2 Å². The Balaban J connectivity index is 1.33. The number of benzene rings is 2. The molecule has 2 N–H and O–H groups in total. The minimum Gasteiger partial charge on any atom is -0.394 e. The van der Waals surface area contributed by atoms with Gasteiger partial charge in [0.25, 0.3) is 0 Å². The van der Waals surface area contributed by atoms with Crippen LogP contribution in [0.1, 0.15) is 19.3 Å². The van der Waals surface area contributed by atoms with Crippen LogP contribution in [0.25, 0.3) is 11.3 Å². The maximum Gasteiger partial charge on any atom is 0.240 e. The number of rotatable bonds is 8. The smallest absolute Gasteiger partial charge is 0.240 e. The van der Waals surface area contributed by atoms with Gasteiger partial charge in [0.1, 0.15) is 11.5 Å². The fourth-order valence-corrected chi connectivity index (χ4v) is 5.25. The van der Waals surface area contributed by atoms with Crippen LogP contribution in [0.15, 0.2) is 59.6 Å². The van der Waals surface area contributed by atoms with Crippen molar-refractivity contribution < 1.29 is 22.7 Å². The fourth-order valence-electron chi connectivity index (χ4n) is 3.82. The Labute approximate surface area is 196 Å². The van der Waals surface area contributed by atoms with Gasteiger partial charge in [-0.2, -0.15) is 0 Å². The maximum atomic E-state index is 13.4. The van der Waals surface area contributed by atoms with Gasteiger partial charge in [-0.3, -0.25) is 4.68 Å². The molecule has 0 radical (unpaired) electrons. The third-order valence-corrected chi connectivity index (χ3v) is 7.32. The summed E-state index contributed by atoms with van der Waals surface area (Å²) >= 11 is 5.83. The molecule has 8 nitrogen and oxygen atoms in total. The Hall–Kier alpha value is -2.37. The number of ether oxygens (including phenoxy) is 1. The predicted molar refractivity (Wildman–Crippen MR) is 121 cm³/mol. The number of aliphatic hydroxyl groups is 1. The number of nitrogens with zero attached hydrogens (tertiary/aromatic N) is 3. The van der Waals surface area contributed by atoms with E-state index in [-0.39, 0.29) is 23.4 Å². The van der Waals surface area contributed by atoms with E-state index in [2.05, 4.69) is 15.0 Å². The number of sulfonamides is 1. The van der Waals surface area contributed by atoms with E-state index in [9.17, 15) is 17.9 Å². The van der Waals surface area contributed by atoms with Crippen LogP contribution in [0.5, 0.6) is 0 Å². The molecule has 3 aromatic rings. The molecule has 11 heteroatoms. The van der Waals surface area contributed by atoms with Gasteiger partial charge in [0, 0.05) is 17.1 Å². The third kappa shape index (κ3) is 5.96. The first kappa shape index (κ1) is 23.8. The van der Waals surface area contributed by atoms with E-state index in [1.807, 2.05) is 0 Å². The number of nitrogens with one attached hydrogen (secondary N) is 1. The quantitative estimate of drug-likeness (QED) is 0.498. The number of halogens is 2. The van der Waals surface area contributed by atoms with E-state index >= 15 is 0 Å². The van der Waals surface area contributed by atoms with E-state index in [0.717, 1.165) is 0 Å². The topological polar surface area (TPSA) is 106 Å². The summed E-state index contributed by atoms with van der Waals surface area (Å²) < 4.78 is 49.0. The first-order valence-electron chi connectivity index (χ1n) is 10.5. The average Bonchev–Trinajstić information content (AvgIpc) is 3.28. The van der Waals surface area contributed by atoms with Gasteiger partial charge in [0.05, 0.1) is 35.9 Å². The normalized spacial score (nSPS) is 21.2. The molecule has 2 aromatic carbocycles. The largest absolute Gasteiger partial charge is 0.394 e. The summed E-state index contributed by atoms with van der Waals surface area (Å²) in [6.07, 6.45) is 2.66. The molecular formula is C22H24ClFN4O4S. The monoisotopic (exact) mass is 494 g/mol. The Kier molecular flexibility index (Phi) is 7.40. The molecule has 1 fully saturated rings. The molecule has 0 spiro atoms. The molecular weight excluding hydrogens is 471 g/mol.